The van der Waals surface area contributed by atoms with E-state index in [1.165, 1.54) is 11.3 Å². The van der Waals surface area contributed by atoms with E-state index in [1.54, 1.807) is 24.4 Å². The Morgan fingerprint density at radius 2 is 2.03 bits per heavy atom. The van der Waals surface area contributed by atoms with Crippen LogP contribution >= 0.6 is 22.9 Å². The molecule has 1 N–H and O–H groups in total. The van der Waals surface area contributed by atoms with Crippen molar-refractivity contribution in [1.29, 1.82) is 0 Å². The summed E-state index contributed by atoms with van der Waals surface area (Å²) >= 11 is 7.34. The first-order valence-electron chi connectivity index (χ1n) is 8.92. The van der Waals surface area contributed by atoms with Gasteiger partial charge < -0.3 is 15.0 Å². The number of methoxy groups -OCH3 is 1. The zero-order chi connectivity index (χ0) is 20.4. The number of amides is 1. The Bertz CT molecular complexity index is 1030. The highest BCUT2D eigenvalue weighted by Crippen LogP contribution is 2.32. The van der Waals surface area contributed by atoms with Gasteiger partial charge in [-0.1, -0.05) is 11.6 Å². The first-order chi connectivity index (χ1) is 14.0. The minimum absolute atomic E-state index is 0.0689. The molecular weight excluding hydrogens is 412 g/mol. The number of rotatable bonds is 5. The van der Waals surface area contributed by atoms with Crippen LogP contribution in [-0.2, 0) is 4.79 Å². The number of pyridine rings is 2. The Morgan fingerprint density at radius 3 is 2.69 bits per heavy atom. The first-order valence-corrected chi connectivity index (χ1v) is 10.1. The molecule has 0 aliphatic carbocycles. The largest absolute Gasteiger partial charge is 0.493 e. The smallest absolute Gasteiger partial charge is 0.241 e. The summed E-state index contributed by atoms with van der Waals surface area (Å²) in [6.45, 7) is 1.90. The molecule has 0 bridgehead atoms. The van der Waals surface area contributed by atoms with Crippen LogP contribution in [0.25, 0.3) is 10.7 Å². The lowest BCUT2D eigenvalue weighted by atomic mass is 10.2. The number of likely N-dealkylation sites (N-methyl/N-ethyl adjacent to an activating group) is 1. The fourth-order valence-corrected chi connectivity index (χ4v) is 3.88. The first kappa shape index (κ1) is 19.6. The van der Waals surface area contributed by atoms with E-state index in [0.29, 0.717) is 40.5 Å². The molecule has 0 saturated carbocycles. The maximum Gasteiger partial charge on any atom is 0.241 e. The average molecular weight is 431 g/mol. The number of thiazole rings is 1. The van der Waals surface area contributed by atoms with Gasteiger partial charge in [-0.25, -0.2) is 15.0 Å². The fourth-order valence-electron chi connectivity index (χ4n) is 3.00. The van der Waals surface area contributed by atoms with E-state index < -0.39 is 0 Å². The number of ether oxygens (including phenoxy) is 1. The third kappa shape index (κ3) is 4.31. The van der Waals surface area contributed by atoms with Gasteiger partial charge in [-0.2, -0.15) is 0 Å². The average Bonchev–Trinajstić information content (AvgIpc) is 3.15. The van der Waals surface area contributed by atoms with E-state index in [4.69, 9.17) is 16.3 Å². The van der Waals surface area contributed by atoms with Gasteiger partial charge in [-0.3, -0.25) is 9.69 Å². The lowest BCUT2D eigenvalue weighted by molar-refractivity contribution is -0.120. The number of carbonyl (C=O) groups is 1. The molecular formula is C19H19ClN6O2S. The molecule has 0 aromatic carbocycles. The van der Waals surface area contributed by atoms with Crippen LogP contribution in [-0.4, -0.2) is 59.6 Å². The molecule has 1 amide bonds. The number of carbonyl (C=O) groups excluding carboxylic acids is 1. The number of hydrogen-bond acceptors (Lipinski definition) is 8. The number of aromatic nitrogens is 3. The van der Waals surface area contributed by atoms with Crippen molar-refractivity contribution < 1.29 is 9.53 Å². The van der Waals surface area contributed by atoms with Gasteiger partial charge in [-0.05, 0) is 31.3 Å². The van der Waals surface area contributed by atoms with Crippen molar-refractivity contribution in [3.05, 3.63) is 41.0 Å². The SMILES string of the molecule is COc1ccc(-c2ncc(Cl)s2)nc1Nc1ccc(N2CCN(C)CC2=O)cn1. The Morgan fingerprint density at radius 1 is 1.17 bits per heavy atom. The molecule has 0 spiro atoms. The van der Waals surface area contributed by atoms with Gasteiger partial charge in [0.2, 0.25) is 5.91 Å². The van der Waals surface area contributed by atoms with Crippen LogP contribution in [0.3, 0.4) is 0 Å². The van der Waals surface area contributed by atoms with E-state index in [2.05, 4.69) is 20.3 Å². The summed E-state index contributed by atoms with van der Waals surface area (Å²) in [6, 6.07) is 7.33. The second-order valence-corrected chi connectivity index (χ2v) is 8.19. The van der Waals surface area contributed by atoms with Crippen molar-refractivity contribution in [3.8, 4) is 16.5 Å². The molecule has 8 nitrogen and oxygen atoms in total. The number of nitrogens with one attached hydrogen (secondary N) is 1. The van der Waals surface area contributed by atoms with Crippen molar-refractivity contribution in [3.63, 3.8) is 0 Å². The molecule has 10 heteroatoms. The Hall–Kier alpha value is -2.75. The van der Waals surface area contributed by atoms with Crippen LogP contribution in [0.5, 0.6) is 5.75 Å². The Balaban J connectivity index is 1.55. The Kier molecular flexibility index (Phi) is 5.61. The van der Waals surface area contributed by atoms with Crippen LogP contribution in [0, 0.1) is 0 Å². The summed E-state index contributed by atoms with van der Waals surface area (Å²) in [5.41, 5.74) is 1.46. The lowest BCUT2D eigenvalue weighted by Crippen LogP contribution is -2.48. The molecule has 0 unspecified atom stereocenters. The highest BCUT2D eigenvalue weighted by molar-refractivity contribution is 7.18. The number of hydrogen-bond donors (Lipinski definition) is 1. The molecule has 3 aromatic rings. The number of nitrogens with zero attached hydrogens (tertiary/aromatic N) is 5. The third-order valence-electron chi connectivity index (χ3n) is 4.49. The second-order valence-electron chi connectivity index (χ2n) is 6.53. The molecule has 4 heterocycles. The fraction of sp³-hybridized carbons (Fsp3) is 0.263. The topological polar surface area (TPSA) is 83.5 Å². The van der Waals surface area contributed by atoms with Gasteiger partial charge in [0, 0.05) is 13.1 Å². The highest BCUT2D eigenvalue weighted by atomic mass is 35.5. The van der Waals surface area contributed by atoms with Crippen LogP contribution in [0.1, 0.15) is 0 Å². The number of halogens is 1. The standard InChI is InChI=1S/C19H19ClN6O2S/c1-25-7-8-26(17(27)11-25)12-3-6-16(21-9-12)24-18-14(28-2)5-4-13(23-18)19-22-10-15(20)29-19/h3-6,9-10H,7-8,11H2,1-2H3,(H,21,23,24). The monoisotopic (exact) mass is 430 g/mol. The highest BCUT2D eigenvalue weighted by Gasteiger charge is 2.23. The number of anilines is 3. The van der Waals surface area contributed by atoms with Gasteiger partial charge in [0.15, 0.2) is 11.6 Å². The van der Waals surface area contributed by atoms with E-state index in [0.717, 1.165) is 17.2 Å². The molecule has 1 aliphatic rings. The van der Waals surface area contributed by atoms with Crippen LogP contribution in [0.4, 0.5) is 17.3 Å². The molecule has 0 radical (unpaired) electrons. The van der Waals surface area contributed by atoms with Crippen LogP contribution in [0.2, 0.25) is 4.34 Å². The van der Waals surface area contributed by atoms with E-state index in [9.17, 15) is 4.79 Å². The van der Waals surface area contributed by atoms with Crippen molar-refractivity contribution in [2.45, 2.75) is 0 Å². The predicted octanol–water partition coefficient (Wildman–Crippen LogP) is 3.28. The summed E-state index contributed by atoms with van der Waals surface area (Å²) in [6.07, 6.45) is 3.28. The van der Waals surface area contributed by atoms with Crippen molar-refractivity contribution in [2.75, 3.05) is 44.0 Å². The van der Waals surface area contributed by atoms with Crippen molar-refractivity contribution in [2.24, 2.45) is 0 Å². The second kappa shape index (κ2) is 8.32. The van der Waals surface area contributed by atoms with Gasteiger partial charge in [0.1, 0.15) is 20.9 Å². The molecule has 150 valence electrons. The van der Waals surface area contributed by atoms with Crippen molar-refractivity contribution in [1.82, 2.24) is 19.9 Å². The van der Waals surface area contributed by atoms with Gasteiger partial charge in [0.05, 0.1) is 31.7 Å². The normalized spacial score (nSPS) is 14.9. The lowest BCUT2D eigenvalue weighted by Gasteiger charge is -2.31. The maximum absolute atomic E-state index is 12.2. The van der Waals surface area contributed by atoms with Crippen LogP contribution in [0.15, 0.2) is 36.7 Å². The van der Waals surface area contributed by atoms with Gasteiger partial charge in [0.25, 0.3) is 0 Å². The third-order valence-corrected chi connectivity index (χ3v) is 5.63. The molecule has 1 saturated heterocycles. The molecule has 3 aromatic heterocycles. The summed E-state index contributed by atoms with van der Waals surface area (Å²) in [5.74, 6) is 1.76. The molecule has 4 rings (SSSR count). The quantitative estimate of drug-likeness (QED) is 0.664. The molecule has 1 aliphatic heterocycles. The van der Waals surface area contributed by atoms with E-state index in [1.807, 2.05) is 36.2 Å². The summed E-state index contributed by atoms with van der Waals surface area (Å²) < 4.78 is 6.00. The van der Waals surface area contributed by atoms with E-state index in [-0.39, 0.29) is 5.91 Å². The van der Waals surface area contributed by atoms with Crippen LogP contribution < -0.4 is 15.0 Å². The predicted molar refractivity (Wildman–Crippen MR) is 114 cm³/mol. The summed E-state index contributed by atoms with van der Waals surface area (Å²) in [4.78, 5) is 29.3. The summed E-state index contributed by atoms with van der Waals surface area (Å²) in [5, 5.41) is 3.89. The van der Waals surface area contributed by atoms with Gasteiger partial charge >= 0.3 is 0 Å². The van der Waals surface area contributed by atoms with E-state index >= 15 is 0 Å². The number of piperazine rings is 1. The maximum atomic E-state index is 12.2. The Labute approximate surface area is 177 Å². The van der Waals surface area contributed by atoms with Gasteiger partial charge in [-0.15, -0.1) is 11.3 Å². The minimum Gasteiger partial charge on any atom is -0.493 e. The minimum atomic E-state index is 0.0689. The molecule has 1 fully saturated rings. The zero-order valence-corrected chi connectivity index (χ0v) is 17.5. The molecule has 0 atom stereocenters. The molecule has 29 heavy (non-hydrogen) atoms. The summed E-state index contributed by atoms with van der Waals surface area (Å²) in [7, 11) is 3.52. The van der Waals surface area contributed by atoms with Crippen molar-refractivity contribution >= 4 is 46.2 Å². The zero-order valence-electron chi connectivity index (χ0n) is 15.9.